The number of hydrogen-bond acceptors (Lipinski definition) is 6. The molecule has 0 aliphatic carbocycles. The zero-order valence-corrected chi connectivity index (χ0v) is 32.6. The third-order valence-electron chi connectivity index (χ3n) is 11.6. The summed E-state index contributed by atoms with van der Waals surface area (Å²) in [6, 6.07) is 63.3. The molecule has 60 heavy (non-hydrogen) atoms. The zero-order valence-electron chi connectivity index (χ0n) is 31.8. The van der Waals surface area contributed by atoms with Gasteiger partial charge in [0.1, 0.15) is 11.2 Å². The molecule has 0 saturated carbocycles. The molecule has 8 heteroatoms. The normalized spacial score (nSPS) is 12.3. The molecule has 1 aliphatic heterocycles. The number of fused-ring (bicyclic) bond motifs is 9. The molecular formula is C52H30N6OS. The average Bonchev–Trinajstić information content (AvgIpc) is 4.01. The summed E-state index contributed by atoms with van der Waals surface area (Å²) in [5.41, 5.74) is 10.6. The van der Waals surface area contributed by atoms with Gasteiger partial charge in [-0.1, -0.05) is 121 Å². The van der Waals surface area contributed by atoms with E-state index < -0.39 is 0 Å². The fraction of sp³-hybridized carbons (Fsp3) is 0. The third kappa shape index (κ3) is 4.98. The Hall–Kier alpha value is -7.81. The van der Waals surface area contributed by atoms with Gasteiger partial charge < -0.3 is 4.42 Å². The highest BCUT2D eigenvalue weighted by atomic mass is 32.2. The van der Waals surface area contributed by atoms with Crippen molar-refractivity contribution in [3.63, 3.8) is 0 Å². The third-order valence-corrected chi connectivity index (χ3v) is 12.7. The van der Waals surface area contributed by atoms with Gasteiger partial charge in [-0.05, 0) is 83.6 Å². The summed E-state index contributed by atoms with van der Waals surface area (Å²) in [7, 11) is 0. The maximum atomic E-state index is 6.30. The lowest BCUT2D eigenvalue weighted by Crippen LogP contribution is -2.06. The lowest BCUT2D eigenvalue weighted by atomic mass is 10.1. The molecule has 4 aromatic heterocycles. The van der Waals surface area contributed by atoms with Gasteiger partial charge in [-0.15, -0.1) is 0 Å². The van der Waals surface area contributed by atoms with E-state index in [0.717, 1.165) is 54.9 Å². The fourth-order valence-corrected chi connectivity index (χ4v) is 10.0. The van der Waals surface area contributed by atoms with Crippen molar-refractivity contribution in [1.82, 2.24) is 29.1 Å². The molecule has 7 nitrogen and oxygen atoms in total. The van der Waals surface area contributed by atoms with E-state index in [2.05, 4.69) is 143 Å². The number of oxazole rings is 1. The molecule has 0 amide bonds. The molecule has 0 spiro atoms. The predicted octanol–water partition coefficient (Wildman–Crippen LogP) is 13.3. The van der Waals surface area contributed by atoms with Crippen LogP contribution in [0.3, 0.4) is 0 Å². The first-order valence-electron chi connectivity index (χ1n) is 19.9. The van der Waals surface area contributed by atoms with Crippen LogP contribution in [0.1, 0.15) is 0 Å². The van der Waals surface area contributed by atoms with Gasteiger partial charge in [-0.2, -0.15) is 0 Å². The first-order valence-corrected chi connectivity index (χ1v) is 20.7. The summed E-state index contributed by atoms with van der Waals surface area (Å²) >= 11 is 1.79. The van der Waals surface area contributed by atoms with E-state index >= 15 is 0 Å². The first kappa shape index (κ1) is 33.2. The van der Waals surface area contributed by atoms with Crippen LogP contribution in [0.5, 0.6) is 0 Å². The Kier molecular flexibility index (Phi) is 7.11. The van der Waals surface area contributed by atoms with Crippen molar-refractivity contribution < 1.29 is 4.42 Å². The Balaban J connectivity index is 1.03. The lowest BCUT2D eigenvalue weighted by Gasteiger charge is -2.22. The Morgan fingerprint density at radius 2 is 1.17 bits per heavy atom. The number of benzene rings is 8. The van der Waals surface area contributed by atoms with E-state index in [1.165, 1.54) is 32.1 Å². The molecule has 0 fully saturated rings. The van der Waals surface area contributed by atoms with Crippen LogP contribution >= 0.6 is 11.8 Å². The van der Waals surface area contributed by atoms with Crippen LogP contribution in [-0.2, 0) is 0 Å². The zero-order chi connectivity index (χ0) is 39.3. The van der Waals surface area contributed by atoms with Gasteiger partial charge >= 0.3 is 0 Å². The average molecular weight is 787 g/mol. The van der Waals surface area contributed by atoms with E-state index in [9.17, 15) is 0 Å². The van der Waals surface area contributed by atoms with Gasteiger partial charge in [0.05, 0.1) is 16.7 Å². The monoisotopic (exact) mass is 786 g/mol. The molecule has 280 valence electrons. The van der Waals surface area contributed by atoms with Crippen LogP contribution in [0.4, 0.5) is 0 Å². The second-order valence-electron chi connectivity index (χ2n) is 15.1. The second-order valence-corrected chi connectivity index (χ2v) is 16.1. The highest BCUT2D eigenvalue weighted by Crippen LogP contribution is 2.50. The Morgan fingerprint density at radius 3 is 2.03 bits per heavy atom. The maximum Gasteiger partial charge on any atom is 0.227 e. The summed E-state index contributed by atoms with van der Waals surface area (Å²) in [6.45, 7) is 0. The molecule has 0 N–H and O–H groups in total. The Bertz CT molecular complexity index is 3700. The van der Waals surface area contributed by atoms with E-state index in [4.69, 9.17) is 24.4 Å². The van der Waals surface area contributed by atoms with Gasteiger partial charge in [0.2, 0.25) is 5.89 Å². The van der Waals surface area contributed by atoms with E-state index in [0.29, 0.717) is 34.5 Å². The van der Waals surface area contributed by atoms with Crippen molar-refractivity contribution in [2.24, 2.45) is 0 Å². The Labute approximate surface area is 347 Å². The SMILES string of the molecule is c1ccc(-c2nc3c(-c4nc(-c5ccc6c(c5)Sc5cccc7c8c9ccccc9n(-c9ccccc9)c8n-6c57)nc(-c5ccc6ccccc6c5)n4)cccc3o2)cc1. The molecule has 0 bridgehead atoms. The number of aromatic nitrogens is 6. The lowest BCUT2D eigenvalue weighted by molar-refractivity contribution is 0.620. The largest absolute Gasteiger partial charge is 0.436 e. The summed E-state index contributed by atoms with van der Waals surface area (Å²) in [5.74, 6) is 2.24. The molecule has 0 saturated heterocycles. The van der Waals surface area contributed by atoms with Crippen LogP contribution in [0.15, 0.2) is 196 Å². The van der Waals surface area contributed by atoms with Crippen molar-refractivity contribution in [3.8, 4) is 57.0 Å². The Morgan fingerprint density at radius 1 is 0.467 bits per heavy atom. The summed E-state index contributed by atoms with van der Waals surface area (Å²) < 4.78 is 11.2. The van der Waals surface area contributed by atoms with E-state index in [-0.39, 0.29) is 0 Å². The van der Waals surface area contributed by atoms with Crippen LogP contribution in [-0.4, -0.2) is 29.1 Å². The second kappa shape index (κ2) is 12.8. The van der Waals surface area contributed by atoms with Crippen molar-refractivity contribution >= 4 is 66.5 Å². The maximum absolute atomic E-state index is 6.30. The molecule has 13 rings (SSSR count). The molecule has 0 atom stereocenters. The summed E-state index contributed by atoms with van der Waals surface area (Å²) in [5, 5.41) is 6.01. The molecule has 5 heterocycles. The minimum Gasteiger partial charge on any atom is -0.436 e. The predicted molar refractivity (Wildman–Crippen MR) is 242 cm³/mol. The highest BCUT2D eigenvalue weighted by Gasteiger charge is 2.28. The number of para-hydroxylation sites is 4. The summed E-state index contributed by atoms with van der Waals surface area (Å²) in [4.78, 5) is 22.9. The van der Waals surface area contributed by atoms with Gasteiger partial charge in [0.15, 0.2) is 23.1 Å². The van der Waals surface area contributed by atoms with Crippen LogP contribution in [0, 0.1) is 0 Å². The van der Waals surface area contributed by atoms with Gasteiger partial charge in [0.25, 0.3) is 0 Å². The van der Waals surface area contributed by atoms with E-state index in [1.54, 1.807) is 11.8 Å². The molecule has 12 aromatic rings. The minimum absolute atomic E-state index is 0.526. The van der Waals surface area contributed by atoms with Crippen LogP contribution < -0.4 is 0 Å². The molecule has 0 unspecified atom stereocenters. The van der Waals surface area contributed by atoms with Crippen LogP contribution in [0.25, 0.3) is 112 Å². The topological polar surface area (TPSA) is 74.6 Å². The highest BCUT2D eigenvalue weighted by molar-refractivity contribution is 7.99. The van der Waals surface area contributed by atoms with Gasteiger partial charge in [-0.3, -0.25) is 9.13 Å². The standard InChI is InChI=1S/C52H30N6OS/c1-3-14-32(15-4-1)51-53-46-39(21-11-23-42(46)59-51)50-55-48(34-26-25-31-13-7-8-16-33(31)29-34)54-49(56-50)35-27-28-41-44(30-35)60-43-24-12-20-38-45-37-19-9-10-22-40(37)57(36-17-5-2-6-18-36)52(45)58(41)47(38)43/h1-30H. The first-order chi connectivity index (χ1) is 29.7. The van der Waals surface area contributed by atoms with Crippen molar-refractivity contribution in [3.05, 3.63) is 182 Å². The number of rotatable bonds is 5. The van der Waals surface area contributed by atoms with Gasteiger partial charge in [-0.25, -0.2) is 19.9 Å². The smallest absolute Gasteiger partial charge is 0.227 e. The minimum atomic E-state index is 0.526. The van der Waals surface area contributed by atoms with Crippen molar-refractivity contribution in [2.45, 2.75) is 9.79 Å². The molecular weight excluding hydrogens is 757 g/mol. The number of nitrogens with zero attached hydrogens (tertiary/aromatic N) is 6. The molecule has 1 aliphatic rings. The quantitative estimate of drug-likeness (QED) is 0.173. The molecule has 8 aromatic carbocycles. The van der Waals surface area contributed by atoms with Crippen molar-refractivity contribution in [2.75, 3.05) is 0 Å². The fourth-order valence-electron chi connectivity index (χ4n) is 8.87. The van der Waals surface area contributed by atoms with Crippen molar-refractivity contribution in [1.29, 1.82) is 0 Å². The summed E-state index contributed by atoms with van der Waals surface area (Å²) in [6.07, 6.45) is 0. The van der Waals surface area contributed by atoms with Gasteiger partial charge in [0, 0.05) is 53.9 Å². The van der Waals surface area contributed by atoms with Crippen LogP contribution in [0.2, 0.25) is 0 Å². The number of hydrogen-bond donors (Lipinski definition) is 0. The van der Waals surface area contributed by atoms with E-state index in [1.807, 2.05) is 48.5 Å². The molecule has 0 radical (unpaired) electrons.